The molecule has 0 fully saturated rings. The molecule has 5 nitrogen and oxygen atoms in total. The van der Waals surface area contributed by atoms with Gasteiger partial charge < -0.3 is 4.90 Å². The molecule has 0 radical (unpaired) electrons. The largest absolute Gasteiger partial charge is 0.342 e. The van der Waals surface area contributed by atoms with Crippen LogP contribution in [-0.2, 0) is 14.8 Å². The van der Waals surface area contributed by atoms with Crippen molar-refractivity contribution in [1.82, 2.24) is 9.21 Å². The van der Waals surface area contributed by atoms with Crippen molar-refractivity contribution in [2.24, 2.45) is 0 Å². The van der Waals surface area contributed by atoms with Gasteiger partial charge in [0.05, 0.1) is 6.54 Å². The Bertz CT molecular complexity index is 478. The molecule has 0 spiro atoms. The number of hydrogen-bond donors (Lipinski definition) is 0. The summed E-state index contributed by atoms with van der Waals surface area (Å²) < 4.78 is 25.5. The summed E-state index contributed by atoms with van der Waals surface area (Å²) in [6.45, 7) is 4.79. The van der Waals surface area contributed by atoms with Crippen LogP contribution in [0.1, 0.15) is 13.8 Å². The van der Waals surface area contributed by atoms with Gasteiger partial charge >= 0.3 is 0 Å². The average molecular weight is 290 g/mol. The van der Waals surface area contributed by atoms with Crippen LogP contribution >= 0.6 is 11.3 Å². The molecule has 0 aromatic carbocycles. The monoisotopic (exact) mass is 290 g/mol. The number of hydrogen-bond acceptors (Lipinski definition) is 4. The minimum Gasteiger partial charge on any atom is -0.342 e. The summed E-state index contributed by atoms with van der Waals surface area (Å²) in [5.41, 5.74) is 0. The lowest BCUT2D eigenvalue weighted by Gasteiger charge is -2.22. The molecule has 0 N–H and O–H groups in total. The molecule has 0 aliphatic carbocycles. The van der Waals surface area contributed by atoms with E-state index in [1.54, 1.807) is 22.4 Å². The predicted molar refractivity (Wildman–Crippen MR) is 72.1 cm³/mol. The second-order valence-corrected chi connectivity index (χ2v) is 6.98. The van der Waals surface area contributed by atoms with Crippen molar-refractivity contribution >= 4 is 27.3 Å². The van der Waals surface area contributed by atoms with Crippen LogP contribution in [0.25, 0.3) is 0 Å². The van der Waals surface area contributed by atoms with Crippen LogP contribution in [0, 0.1) is 0 Å². The van der Waals surface area contributed by atoms with Crippen LogP contribution in [0.4, 0.5) is 0 Å². The first-order valence-corrected chi connectivity index (χ1v) is 8.03. The average Bonchev–Trinajstić information content (AvgIpc) is 2.84. The van der Waals surface area contributed by atoms with Crippen molar-refractivity contribution in [3.8, 4) is 0 Å². The number of sulfonamides is 1. The molecule has 7 heteroatoms. The van der Waals surface area contributed by atoms with E-state index in [9.17, 15) is 13.2 Å². The molecule has 1 heterocycles. The van der Waals surface area contributed by atoms with E-state index in [-0.39, 0.29) is 16.7 Å². The summed E-state index contributed by atoms with van der Waals surface area (Å²) >= 11 is 1.15. The molecule has 0 atom stereocenters. The number of likely N-dealkylation sites (N-methyl/N-ethyl adjacent to an activating group) is 2. The van der Waals surface area contributed by atoms with E-state index in [1.807, 2.05) is 13.8 Å². The molecule has 1 amide bonds. The van der Waals surface area contributed by atoms with Crippen LogP contribution < -0.4 is 0 Å². The minimum absolute atomic E-state index is 0.123. The molecule has 1 aromatic rings. The fourth-order valence-corrected chi connectivity index (χ4v) is 3.84. The highest BCUT2D eigenvalue weighted by Gasteiger charge is 2.25. The van der Waals surface area contributed by atoms with Crippen LogP contribution in [0.15, 0.2) is 21.7 Å². The second-order valence-electron chi connectivity index (χ2n) is 3.76. The van der Waals surface area contributed by atoms with Gasteiger partial charge in [-0.15, -0.1) is 11.3 Å². The van der Waals surface area contributed by atoms with E-state index in [2.05, 4.69) is 0 Å². The topological polar surface area (TPSA) is 57.7 Å². The Morgan fingerprint density at radius 1 is 1.33 bits per heavy atom. The van der Waals surface area contributed by atoms with Gasteiger partial charge in [0.1, 0.15) is 4.21 Å². The summed E-state index contributed by atoms with van der Waals surface area (Å²) in [5, 5.41) is 1.70. The van der Waals surface area contributed by atoms with Gasteiger partial charge in [-0.1, -0.05) is 6.07 Å². The Labute approximate surface area is 112 Å². The highest BCUT2D eigenvalue weighted by molar-refractivity contribution is 7.91. The lowest BCUT2D eigenvalue weighted by atomic mass is 10.4. The SMILES string of the molecule is CCN(CC)C(=O)CN(C)S(=O)(=O)c1cccs1. The number of rotatable bonds is 6. The lowest BCUT2D eigenvalue weighted by molar-refractivity contribution is -0.130. The zero-order valence-corrected chi connectivity index (χ0v) is 12.4. The Balaban J connectivity index is 2.77. The third-order valence-corrected chi connectivity index (χ3v) is 5.81. The summed E-state index contributed by atoms with van der Waals surface area (Å²) in [5.74, 6) is -0.178. The fraction of sp³-hybridized carbons (Fsp3) is 0.545. The zero-order chi connectivity index (χ0) is 13.8. The highest BCUT2D eigenvalue weighted by Crippen LogP contribution is 2.19. The smallest absolute Gasteiger partial charge is 0.252 e. The first kappa shape index (κ1) is 15.1. The third-order valence-electron chi connectivity index (χ3n) is 2.63. The molecule has 0 bridgehead atoms. The Kier molecular flexibility index (Phi) is 5.30. The molecule has 0 saturated heterocycles. The van der Waals surface area contributed by atoms with Crippen LogP contribution in [0.5, 0.6) is 0 Å². The molecule has 102 valence electrons. The molecule has 0 aliphatic rings. The standard InChI is InChI=1S/C11H18N2O3S2/c1-4-13(5-2)10(14)9-12(3)18(15,16)11-7-6-8-17-11/h6-8H,4-5,9H2,1-3H3. The molecule has 1 aromatic heterocycles. The molecule has 1 rings (SSSR count). The van der Waals surface area contributed by atoms with E-state index in [4.69, 9.17) is 0 Å². The quantitative estimate of drug-likeness (QED) is 0.792. The van der Waals surface area contributed by atoms with E-state index < -0.39 is 10.0 Å². The Hall–Kier alpha value is -0.920. The minimum atomic E-state index is -3.54. The summed E-state index contributed by atoms with van der Waals surface area (Å²) in [4.78, 5) is 13.5. The van der Waals surface area contributed by atoms with Gasteiger partial charge in [0.2, 0.25) is 5.91 Å². The molecule has 0 saturated carbocycles. The van der Waals surface area contributed by atoms with Crippen molar-refractivity contribution in [3.05, 3.63) is 17.5 Å². The molecule has 0 unspecified atom stereocenters. The highest BCUT2D eigenvalue weighted by atomic mass is 32.2. The van der Waals surface area contributed by atoms with Crippen LogP contribution in [-0.4, -0.2) is 50.2 Å². The van der Waals surface area contributed by atoms with Crippen LogP contribution in [0.3, 0.4) is 0 Å². The molecule has 0 aliphatic heterocycles. The first-order chi connectivity index (χ1) is 8.43. The van der Waals surface area contributed by atoms with Gasteiger partial charge in [0.15, 0.2) is 0 Å². The number of nitrogens with zero attached hydrogens (tertiary/aromatic N) is 2. The molecular formula is C11H18N2O3S2. The van der Waals surface area contributed by atoms with Gasteiger partial charge in [-0.25, -0.2) is 8.42 Å². The number of carbonyl (C=O) groups is 1. The molecule has 18 heavy (non-hydrogen) atoms. The van der Waals surface area contributed by atoms with Gasteiger partial charge in [-0.2, -0.15) is 4.31 Å². The van der Waals surface area contributed by atoms with Gasteiger partial charge in [0, 0.05) is 20.1 Å². The van der Waals surface area contributed by atoms with Crippen molar-refractivity contribution in [1.29, 1.82) is 0 Å². The van der Waals surface area contributed by atoms with Crippen molar-refractivity contribution in [2.45, 2.75) is 18.1 Å². The first-order valence-electron chi connectivity index (χ1n) is 5.71. The van der Waals surface area contributed by atoms with E-state index in [0.717, 1.165) is 15.6 Å². The van der Waals surface area contributed by atoms with Gasteiger partial charge in [-0.3, -0.25) is 4.79 Å². The lowest BCUT2D eigenvalue weighted by Crippen LogP contribution is -2.40. The number of carbonyl (C=O) groups excluding carboxylic acids is 1. The maximum Gasteiger partial charge on any atom is 0.252 e. The summed E-state index contributed by atoms with van der Waals surface area (Å²) in [7, 11) is -2.11. The number of amides is 1. The predicted octanol–water partition coefficient (Wildman–Crippen LogP) is 1.24. The van der Waals surface area contributed by atoms with E-state index >= 15 is 0 Å². The number of thiophene rings is 1. The Morgan fingerprint density at radius 3 is 2.39 bits per heavy atom. The maximum atomic E-state index is 12.1. The normalized spacial score (nSPS) is 11.8. The fourth-order valence-electron chi connectivity index (χ4n) is 1.52. The zero-order valence-electron chi connectivity index (χ0n) is 10.8. The summed E-state index contributed by atoms with van der Waals surface area (Å²) in [6.07, 6.45) is 0. The van der Waals surface area contributed by atoms with Crippen molar-refractivity contribution in [3.63, 3.8) is 0 Å². The molecular weight excluding hydrogens is 272 g/mol. The van der Waals surface area contributed by atoms with Crippen molar-refractivity contribution < 1.29 is 13.2 Å². The van der Waals surface area contributed by atoms with E-state index in [0.29, 0.717) is 13.1 Å². The van der Waals surface area contributed by atoms with Gasteiger partial charge in [0.25, 0.3) is 10.0 Å². The third kappa shape index (κ3) is 3.30. The second kappa shape index (κ2) is 6.31. The maximum absolute atomic E-state index is 12.1. The Morgan fingerprint density at radius 2 is 1.94 bits per heavy atom. The van der Waals surface area contributed by atoms with Gasteiger partial charge in [-0.05, 0) is 25.3 Å². The summed E-state index contributed by atoms with van der Waals surface area (Å²) in [6, 6.07) is 3.22. The van der Waals surface area contributed by atoms with Crippen LogP contribution in [0.2, 0.25) is 0 Å². The van der Waals surface area contributed by atoms with E-state index in [1.165, 1.54) is 7.05 Å². The van der Waals surface area contributed by atoms with Crippen molar-refractivity contribution in [2.75, 3.05) is 26.7 Å².